The van der Waals surface area contributed by atoms with Crippen LogP contribution in [0.15, 0.2) is 30.3 Å². The summed E-state index contributed by atoms with van der Waals surface area (Å²) in [4.78, 5) is 2.27. The molecule has 1 aromatic rings. The molecule has 1 aromatic carbocycles. The van der Waals surface area contributed by atoms with Crippen LogP contribution in [0.2, 0.25) is 0 Å². The van der Waals surface area contributed by atoms with Crippen molar-refractivity contribution in [3.8, 4) is 0 Å². The molecule has 1 aliphatic heterocycles. The highest BCUT2D eigenvalue weighted by atomic mass is 16.5. The molecular formula is C13H19NO2. The summed E-state index contributed by atoms with van der Waals surface area (Å²) < 4.78 is 5.85. The van der Waals surface area contributed by atoms with Crippen molar-refractivity contribution in [1.82, 2.24) is 4.90 Å². The van der Waals surface area contributed by atoms with Gasteiger partial charge in [0.2, 0.25) is 0 Å². The first-order valence-corrected chi connectivity index (χ1v) is 5.79. The summed E-state index contributed by atoms with van der Waals surface area (Å²) >= 11 is 0. The van der Waals surface area contributed by atoms with Crippen LogP contribution >= 0.6 is 0 Å². The average Bonchev–Trinajstić information content (AvgIpc) is 2.74. The van der Waals surface area contributed by atoms with Crippen LogP contribution in [0.5, 0.6) is 0 Å². The molecule has 0 aromatic heterocycles. The van der Waals surface area contributed by atoms with E-state index >= 15 is 0 Å². The number of aliphatic hydroxyl groups excluding tert-OH is 1. The first-order chi connectivity index (χ1) is 7.72. The number of ether oxygens (including phenoxy) is 1. The molecule has 0 amide bonds. The summed E-state index contributed by atoms with van der Waals surface area (Å²) in [5.41, 5.74) is 1.16. The van der Waals surface area contributed by atoms with Crippen LogP contribution in [0.3, 0.4) is 0 Å². The zero-order chi connectivity index (χ0) is 11.5. The first kappa shape index (κ1) is 11.6. The van der Waals surface area contributed by atoms with Gasteiger partial charge >= 0.3 is 0 Å². The first-order valence-electron chi connectivity index (χ1n) is 5.79. The van der Waals surface area contributed by atoms with Crippen LogP contribution in [-0.4, -0.2) is 35.3 Å². The van der Waals surface area contributed by atoms with E-state index in [-0.39, 0.29) is 18.9 Å². The van der Waals surface area contributed by atoms with E-state index in [2.05, 4.69) is 30.9 Å². The van der Waals surface area contributed by atoms with Gasteiger partial charge in [-0.05, 0) is 19.4 Å². The van der Waals surface area contributed by atoms with E-state index in [1.807, 2.05) is 18.2 Å². The maximum absolute atomic E-state index is 9.18. The van der Waals surface area contributed by atoms with E-state index in [1.165, 1.54) is 0 Å². The normalized spacial score (nSPS) is 26.5. The third-order valence-corrected chi connectivity index (χ3v) is 2.99. The molecule has 0 unspecified atom stereocenters. The smallest absolute Gasteiger partial charge is 0.137 e. The molecule has 1 saturated heterocycles. The minimum Gasteiger partial charge on any atom is -0.394 e. The number of benzene rings is 1. The summed E-state index contributed by atoms with van der Waals surface area (Å²) in [6.07, 6.45) is -0.0778. The summed E-state index contributed by atoms with van der Waals surface area (Å²) in [5, 5.41) is 9.18. The minimum absolute atomic E-state index is 0.0154. The Morgan fingerprint density at radius 3 is 2.62 bits per heavy atom. The van der Waals surface area contributed by atoms with Gasteiger partial charge in [-0.1, -0.05) is 30.3 Å². The highest BCUT2D eigenvalue weighted by Gasteiger charge is 2.34. The number of hydrogen-bond acceptors (Lipinski definition) is 3. The molecule has 3 nitrogen and oxygen atoms in total. The minimum atomic E-state index is -0.0624. The Balaban J connectivity index is 2.19. The Morgan fingerprint density at radius 1 is 1.38 bits per heavy atom. The third kappa shape index (κ3) is 2.26. The van der Waals surface area contributed by atoms with Crippen molar-refractivity contribution in [2.75, 3.05) is 13.2 Å². The van der Waals surface area contributed by atoms with Crippen molar-refractivity contribution in [2.24, 2.45) is 0 Å². The van der Waals surface area contributed by atoms with Crippen molar-refractivity contribution in [3.05, 3.63) is 35.9 Å². The molecule has 0 aliphatic carbocycles. The summed E-state index contributed by atoms with van der Waals surface area (Å²) in [7, 11) is 0. The fourth-order valence-electron chi connectivity index (χ4n) is 2.10. The molecule has 0 bridgehead atoms. The van der Waals surface area contributed by atoms with Gasteiger partial charge < -0.3 is 9.84 Å². The Kier molecular flexibility index (Phi) is 3.59. The van der Waals surface area contributed by atoms with Crippen molar-refractivity contribution in [2.45, 2.75) is 32.2 Å². The molecule has 88 valence electrons. The van der Waals surface area contributed by atoms with Crippen LogP contribution in [0.4, 0.5) is 0 Å². The van der Waals surface area contributed by atoms with E-state index in [1.54, 1.807) is 0 Å². The van der Waals surface area contributed by atoms with Gasteiger partial charge in [0.25, 0.3) is 0 Å². The topological polar surface area (TPSA) is 32.7 Å². The average molecular weight is 221 g/mol. The maximum Gasteiger partial charge on any atom is 0.137 e. The molecule has 1 fully saturated rings. The fraction of sp³-hybridized carbons (Fsp3) is 0.538. The lowest BCUT2D eigenvalue weighted by atomic mass is 10.1. The van der Waals surface area contributed by atoms with Gasteiger partial charge in [0.15, 0.2) is 0 Å². The van der Waals surface area contributed by atoms with Crippen LogP contribution in [-0.2, 0) is 4.74 Å². The summed E-state index contributed by atoms with van der Waals surface area (Å²) in [6.45, 7) is 5.19. The van der Waals surface area contributed by atoms with Gasteiger partial charge in [0, 0.05) is 12.6 Å². The van der Waals surface area contributed by atoms with E-state index in [0.717, 1.165) is 12.1 Å². The molecule has 3 heteroatoms. The standard InChI is InChI=1S/C13H19NO2/c1-10(2)14-8-12(9-15)16-13(14)11-6-4-3-5-7-11/h3-7,10,12-13,15H,8-9H2,1-2H3/t12-,13-/m0/s1. The second kappa shape index (κ2) is 4.95. The summed E-state index contributed by atoms with van der Waals surface area (Å²) in [6, 6.07) is 10.6. The molecular weight excluding hydrogens is 202 g/mol. The Morgan fingerprint density at radius 2 is 2.06 bits per heavy atom. The molecule has 1 heterocycles. The number of hydrogen-bond donors (Lipinski definition) is 1. The van der Waals surface area contributed by atoms with E-state index < -0.39 is 0 Å². The Hall–Kier alpha value is -0.900. The predicted molar refractivity (Wildman–Crippen MR) is 63.0 cm³/mol. The van der Waals surface area contributed by atoms with Crippen LogP contribution in [0.25, 0.3) is 0 Å². The lowest BCUT2D eigenvalue weighted by Gasteiger charge is -2.26. The van der Waals surface area contributed by atoms with E-state index in [9.17, 15) is 5.11 Å². The van der Waals surface area contributed by atoms with E-state index in [0.29, 0.717) is 6.04 Å². The maximum atomic E-state index is 9.18. The fourth-order valence-corrected chi connectivity index (χ4v) is 2.10. The number of rotatable bonds is 3. The quantitative estimate of drug-likeness (QED) is 0.844. The van der Waals surface area contributed by atoms with Gasteiger partial charge in [-0.25, -0.2) is 0 Å². The zero-order valence-electron chi connectivity index (χ0n) is 9.84. The second-order valence-corrected chi connectivity index (χ2v) is 4.49. The van der Waals surface area contributed by atoms with Crippen molar-refractivity contribution in [3.63, 3.8) is 0 Å². The van der Waals surface area contributed by atoms with Gasteiger partial charge in [-0.2, -0.15) is 0 Å². The molecule has 0 radical (unpaired) electrons. The lowest BCUT2D eigenvalue weighted by molar-refractivity contribution is -0.0266. The van der Waals surface area contributed by atoms with Crippen LogP contribution < -0.4 is 0 Å². The molecule has 0 saturated carbocycles. The Labute approximate surface area is 96.6 Å². The highest BCUT2D eigenvalue weighted by Crippen LogP contribution is 2.31. The van der Waals surface area contributed by atoms with Gasteiger partial charge in [-0.15, -0.1) is 0 Å². The number of nitrogens with zero attached hydrogens (tertiary/aromatic N) is 1. The monoisotopic (exact) mass is 221 g/mol. The van der Waals surface area contributed by atoms with Gasteiger partial charge in [-0.3, -0.25) is 4.90 Å². The SMILES string of the molecule is CC(C)N1C[C@@H](CO)O[C@H]1c1ccccc1. The van der Waals surface area contributed by atoms with Gasteiger partial charge in [0.05, 0.1) is 12.7 Å². The molecule has 16 heavy (non-hydrogen) atoms. The van der Waals surface area contributed by atoms with Crippen molar-refractivity contribution >= 4 is 0 Å². The van der Waals surface area contributed by atoms with E-state index in [4.69, 9.17) is 4.74 Å². The summed E-state index contributed by atoms with van der Waals surface area (Å²) in [5.74, 6) is 0. The molecule has 1 N–H and O–H groups in total. The molecule has 1 aliphatic rings. The van der Waals surface area contributed by atoms with Crippen molar-refractivity contribution < 1.29 is 9.84 Å². The molecule has 2 atom stereocenters. The van der Waals surface area contributed by atoms with Crippen LogP contribution in [0, 0.1) is 0 Å². The van der Waals surface area contributed by atoms with Crippen LogP contribution in [0.1, 0.15) is 25.6 Å². The van der Waals surface area contributed by atoms with Crippen molar-refractivity contribution in [1.29, 1.82) is 0 Å². The molecule has 2 rings (SSSR count). The van der Waals surface area contributed by atoms with Gasteiger partial charge in [0.1, 0.15) is 6.23 Å². The zero-order valence-corrected chi connectivity index (χ0v) is 9.84. The third-order valence-electron chi connectivity index (χ3n) is 2.99. The highest BCUT2D eigenvalue weighted by molar-refractivity contribution is 5.18. The molecule has 0 spiro atoms. The predicted octanol–water partition coefficient (Wildman–Crippen LogP) is 1.79. The lowest BCUT2D eigenvalue weighted by Crippen LogP contribution is -2.32. The largest absolute Gasteiger partial charge is 0.394 e. The number of aliphatic hydroxyl groups is 1. The Bertz CT molecular complexity index is 326. The second-order valence-electron chi connectivity index (χ2n) is 4.49.